The molecule has 0 aliphatic carbocycles. The van der Waals surface area contributed by atoms with Gasteiger partial charge in [0.25, 0.3) is 5.91 Å². The third kappa shape index (κ3) is 3.81. The van der Waals surface area contributed by atoms with Crippen LogP contribution in [0.3, 0.4) is 0 Å². The summed E-state index contributed by atoms with van der Waals surface area (Å²) in [5.41, 5.74) is 0. The second-order valence-electron chi connectivity index (χ2n) is 6.05. The highest BCUT2D eigenvalue weighted by Crippen LogP contribution is 2.20. The maximum absolute atomic E-state index is 12.6. The molecule has 0 N–H and O–H groups in total. The average Bonchev–Trinajstić information content (AvgIpc) is 3.10. The lowest BCUT2D eigenvalue weighted by atomic mass is 10.3. The van der Waals surface area contributed by atoms with Gasteiger partial charge in [0.2, 0.25) is 0 Å². The Morgan fingerprint density at radius 2 is 1.95 bits per heavy atom. The summed E-state index contributed by atoms with van der Waals surface area (Å²) in [5.74, 6) is 0.162. The first kappa shape index (κ1) is 14.9. The van der Waals surface area contributed by atoms with Gasteiger partial charge >= 0.3 is 0 Å². The number of hydrogen-bond acceptors (Lipinski definition) is 5. The minimum absolute atomic E-state index is 0.162. The second-order valence-corrected chi connectivity index (χ2v) is 7.17. The summed E-state index contributed by atoms with van der Waals surface area (Å²) < 4.78 is 0. The lowest BCUT2D eigenvalue weighted by Crippen LogP contribution is -2.34. The lowest BCUT2D eigenvalue weighted by molar-refractivity contribution is 0.0767. The van der Waals surface area contributed by atoms with E-state index in [0.29, 0.717) is 0 Å². The third-order valence-electron chi connectivity index (χ3n) is 4.33. The Morgan fingerprint density at radius 1 is 1.14 bits per heavy atom. The summed E-state index contributed by atoms with van der Waals surface area (Å²) in [6.45, 7) is 6.97. The van der Waals surface area contributed by atoms with Crippen LogP contribution in [0.1, 0.15) is 33.9 Å². The van der Waals surface area contributed by atoms with E-state index in [9.17, 15) is 4.79 Å². The summed E-state index contributed by atoms with van der Waals surface area (Å²) in [5, 5.41) is 1.08. The number of carbonyl (C=O) groups is 1. The van der Waals surface area contributed by atoms with E-state index in [4.69, 9.17) is 0 Å². The number of likely N-dealkylation sites (N-methyl/N-ethyl adjacent to an activating group) is 1. The topological polar surface area (TPSA) is 39.7 Å². The number of nitrogens with zero attached hydrogens (tertiary/aromatic N) is 4. The van der Waals surface area contributed by atoms with Crippen molar-refractivity contribution in [3.8, 4) is 0 Å². The molecule has 3 heterocycles. The number of rotatable bonds is 3. The van der Waals surface area contributed by atoms with Crippen molar-refractivity contribution in [3.63, 3.8) is 0 Å². The van der Waals surface area contributed by atoms with Gasteiger partial charge in [-0.2, -0.15) is 0 Å². The molecule has 2 fully saturated rings. The van der Waals surface area contributed by atoms with E-state index in [1.807, 2.05) is 4.90 Å². The van der Waals surface area contributed by atoms with Crippen LogP contribution in [0, 0.1) is 0 Å². The number of amides is 1. The summed E-state index contributed by atoms with van der Waals surface area (Å²) in [6.07, 6.45) is 5.41. The van der Waals surface area contributed by atoms with Gasteiger partial charge in [0, 0.05) is 19.6 Å². The molecular formula is C15H24N4OS. The molecule has 3 rings (SSSR count). The molecular weight excluding hydrogens is 284 g/mol. The highest BCUT2D eigenvalue weighted by atomic mass is 32.1. The van der Waals surface area contributed by atoms with Crippen LogP contribution in [0.4, 0.5) is 0 Å². The predicted octanol–water partition coefficient (Wildman–Crippen LogP) is 1.52. The summed E-state index contributed by atoms with van der Waals surface area (Å²) in [4.78, 5) is 24.5. The van der Waals surface area contributed by atoms with Gasteiger partial charge in [-0.15, -0.1) is 11.3 Å². The SMILES string of the molecule is CN1CCCN(C(=O)c2cnc(CN3CCCC3)s2)CC1. The van der Waals surface area contributed by atoms with Gasteiger partial charge in [0.1, 0.15) is 9.88 Å². The normalized spacial score (nSPS) is 21.7. The van der Waals surface area contributed by atoms with E-state index >= 15 is 0 Å². The highest BCUT2D eigenvalue weighted by Gasteiger charge is 2.21. The van der Waals surface area contributed by atoms with Crippen LogP contribution < -0.4 is 0 Å². The number of carbonyl (C=O) groups excluding carboxylic acids is 1. The van der Waals surface area contributed by atoms with Crippen LogP contribution in [0.25, 0.3) is 0 Å². The van der Waals surface area contributed by atoms with Crippen molar-refractivity contribution in [2.24, 2.45) is 0 Å². The number of likely N-dealkylation sites (tertiary alicyclic amines) is 1. The predicted molar refractivity (Wildman–Crippen MR) is 84.6 cm³/mol. The molecule has 0 saturated carbocycles. The van der Waals surface area contributed by atoms with Crippen LogP contribution in [0.15, 0.2) is 6.20 Å². The largest absolute Gasteiger partial charge is 0.337 e. The lowest BCUT2D eigenvalue weighted by Gasteiger charge is -2.19. The Kier molecular flexibility index (Phi) is 4.87. The van der Waals surface area contributed by atoms with Gasteiger partial charge in [-0.05, 0) is 45.9 Å². The summed E-state index contributed by atoms with van der Waals surface area (Å²) >= 11 is 1.57. The molecule has 0 radical (unpaired) electrons. The molecule has 6 heteroatoms. The molecule has 1 amide bonds. The molecule has 0 atom stereocenters. The molecule has 1 aromatic rings. The minimum Gasteiger partial charge on any atom is -0.337 e. The zero-order valence-electron chi connectivity index (χ0n) is 12.8. The van der Waals surface area contributed by atoms with E-state index in [1.54, 1.807) is 17.5 Å². The third-order valence-corrected chi connectivity index (χ3v) is 5.30. The van der Waals surface area contributed by atoms with E-state index in [0.717, 1.165) is 49.0 Å². The maximum Gasteiger partial charge on any atom is 0.265 e. The van der Waals surface area contributed by atoms with Crippen molar-refractivity contribution in [3.05, 3.63) is 16.1 Å². The minimum atomic E-state index is 0.162. The molecule has 5 nitrogen and oxygen atoms in total. The first-order valence-corrected chi connectivity index (χ1v) is 8.69. The molecule has 1 aromatic heterocycles. The van der Waals surface area contributed by atoms with Gasteiger partial charge in [-0.25, -0.2) is 4.98 Å². The summed E-state index contributed by atoms with van der Waals surface area (Å²) in [6, 6.07) is 0. The monoisotopic (exact) mass is 308 g/mol. The Balaban J connectivity index is 1.60. The maximum atomic E-state index is 12.6. The Labute approximate surface area is 130 Å². The van der Waals surface area contributed by atoms with Crippen molar-refractivity contribution in [1.29, 1.82) is 0 Å². The van der Waals surface area contributed by atoms with Crippen molar-refractivity contribution < 1.29 is 4.79 Å². The Morgan fingerprint density at radius 3 is 2.76 bits per heavy atom. The smallest absolute Gasteiger partial charge is 0.265 e. The fourth-order valence-electron chi connectivity index (χ4n) is 3.02. The molecule has 0 spiro atoms. The van der Waals surface area contributed by atoms with Crippen LogP contribution in [-0.4, -0.2) is 71.9 Å². The van der Waals surface area contributed by atoms with Crippen molar-refractivity contribution >= 4 is 17.2 Å². The van der Waals surface area contributed by atoms with Gasteiger partial charge in [-0.3, -0.25) is 9.69 Å². The molecule has 2 aliphatic heterocycles. The number of aromatic nitrogens is 1. The molecule has 0 aromatic carbocycles. The van der Waals surface area contributed by atoms with Gasteiger partial charge < -0.3 is 9.80 Å². The molecule has 116 valence electrons. The zero-order valence-corrected chi connectivity index (χ0v) is 13.6. The molecule has 0 bridgehead atoms. The summed E-state index contributed by atoms with van der Waals surface area (Å²) in [7, 11) is 2.12. The van der Waals surface area contributed by atoms with E-state index < -0.39 is 0 Å². The number of thiazole rings is 1. The van der Waals surface area contributed by atoms with Gasteiger partial charge in [0.15, 0.2) is 0 Å². The van der Waals surface area contributed by atoms with E-state index in [2.05, 4.69) is 21.8 Å². The molecule has 0 unspecified atom stereocenters. The van der Waals surface area contributed by atoms with E-state index in [-0.39, 0.29) is 5.91 Å². The standard InChI is InChI=1S/C15H24N4OS/c1-17-5-4-8-19(10-9-17)15(20)13-11-16-14(21-13)12-18-6-2-3-7-18/h11H,2-10,12H2,1H3. The van der Waals surface area contributed by atoms with Crippen LogP contribution >= 0.6 is 11.3 Å². The van der Waals surface area contributed by atoms with Crippen LogP contribution in [0.5, 0.6) is 0 Å². The fourth-order valence-corrected chi connectivity index (χ4v) is 3.95. The van der Waals surface area contributed by atoms with Crippen molar-refractivity contribution in [2.75, 3.05) is 46.3 Å². The van der Waals surface area contributed by atoms with E-state index in [1.165, 1.54) is 25.9 Å². The van der Waals surface area contributed by atoms with Gasteiger partial charge in [-0.1, -0.05) is 0 Å². The van der Waals surface area contributed by atoms with Crippen molar-refractivity contribution in [2.45, 2.75) is 25.8 Å². The first-order chi connectivity index (χ1) is 10.2. The fraction of sp³-hybridized carbons (Fsp3) is 0.733. The van der Waals surface area contributed by atoms with Crippen molar-refractivity contribution in [1.82, 2.24) is 19.7 Å². The molecule has 21 heavy (non-hydrogen) atoms. The van der Waals surface area contributed by atoms with Gasteiger partial charge in [0.05, 0.1) is 12.7 Å². The second kappa shape index (κ2) is 6.85. The molecule has 2 aliphatic rings. The molecule has 2 saturated heterocycles. The Bertz CT molecular complexity index is 484. The highest BCUT2D eigenvalue weighted by molar-refractivity contribution is 7.13. The average molecular weight is 308 g/mol. The van der Waals surface area contributed by atoms with Crippen LogP contribution in [-0.2, 0) is 6.54 Å². The Hall–Kier alpha value is -0.980. The van der Waals surface area contributed by atoms with Crippen LogP contribution in [0.2, 0.25) is 0 Å². The number of hydrogen-bond donors (Lipinski definition) is 0. The zero-order chi connectivity index (χ0) is 14.7. The first-order valence-electron chi connectivity index (χ1n) is 7.87. The quantitative estimate of drug-likeness (QED) is 0.849.